The van der Waals surface area contributed by atoms with Crippen LogP contribution in [0.25, 0.3) is 0 Å². The van der Waals surface area contributed by atoms with Crippen molar-refractivity contribution in [1.82, 2.24) is 10.2 Å². The normalized spacial score (nSPS) is 18.2. The Balaban J connectivity index is 2.22. The lowest BCUT2D eigenvalue weighted by molar-refractivity contribution is 0.163. The quantitative estimate of drug-likeness (QED) is 0.802. The van der Waals surface area contributed by atoms with Crippen LogP contribution in [0.5, 0.6) is 5.75 Å². The molecule has 1 fully saturated rings. The van der Waals surface area contributed by atoms with Crippen molar-refractivity contribution >= 4 is 0 Å². The highest BCUT2D eigenvalue weighted by Gasteiger charge is 2.24. The molecule has 0 aromatic heterocycles. The van der Waals surface area contributed by atoms with Gasteiger partial charge in [0.25, 0.3) is 0 Å². The molecule has 1 aromatic rings. The fraction of sp³-hybridized carbons (Fsp3) is 0.467. The van der Waals surface area contributed by atoms with E-state index in [-0.39, 0.29) is 17.6 Å². The van der Waals surface area contributed by atoms with Gasteiger partial charge in [-0.05, 0) is 18.9 Å². The van der Waals surface area contributed by atoms with Crippen LogP contribution in [0.3, 0.4) is 0 Å². The highest BCUT2D eigenvalue weighted by Crippen LogP contribution is 2.30. The van der Waals surface area contributed by atoms with Gasteiger partial charge in [-0.25, -0.2) is 4.39 Å². The molecule has 0 spiro atoms. The number of phenolic OH excluding ortho intramolecular Hbond substituents is 1. The second-order valence-electron chi connectivity index (χ2n) is 4.87. The number of benzene rings is 1. The molecule has 19 heavy (non-hydrogen) atoms. The number of piperazine rings is 1. The van der Waals surface area contributed by atoms with E-state index in [1.54, 1.807) is 12.1 Å². The summed E-state index contributed by atoms with van der Waals surface area (Å²) in [4.78, 5) is 2.30. The molecule has 1 heterocycles. The number of nitrogens with zero attached hydrogens (tertiary/aromatic N) is 1. The molecular formula is C15H21FN2O. The van der Waals surface area contributed by atoms with Crippen LogP contribution >= 0.6 is 0 Å². The number of nitrogens with one attached hydrogen (secondary N) is 1. The lowest BCUT2D eigenvalue weighted by Gasteiger charge is -2.35. The molecule has 4 heteroatoms. The number of halogens is 1. The summed E-state index contributed by atoms with van der Waals surface area (Å²) in [5, 5.41) is 12.6. The van der Waals surface area contributed by atoms with E-state index >= 15 is 0 Å². The molecular weight excluding hydrogens is 243 g/mol. The molecule has 0 amide bonds. The van der Waals surface area contributed by atoms with Gasteiger partial charge in [-0.1, -0.05) is 12.1 Å². The molecule has 1 atom stereocenters. The van der Waals surface area contributed by atoms with Crippen molar-refractivity contribution < 1.29 is 9.50 Å². The van der Waals surface area contributed by atoms with Crippen molar-refractivity contribution in [1.29, 1.82) is 0 Å². The number of aromatic hydroxyl groups is 1. The van der Waals surface area contributed by atoms with Crippen LogP contribution in [0.15, 0.2) is 30.9 Å². The van der Waals surface area contributed by atoms with Crippen molar-refractivity contribution in [3.63, 3.8) is 0 Å². The molecule has 104 valence electrons. The van der Waals surface area contributed by atoms with Crippen LogP contribution in [0, 0.1) is 5.82 Å². The van der Waals surface area contributed by atoms with E-state index in [0.29, 0.717) is 5.56 Å². The Hall–Kier alpha value is -1.39. The molecule has 0 aliphatic carbocycles. The first kappa shape index (κ1) is 14.0. The number of hydrogen-bond donors (Lipinski definition) is 2. The predicted molar refractivity (Wildman–Crippen MR) is 74.7 cm³/mol. The number of hydrogen-bond acceptors (Lipinski definition) is 3. The van der Waals surface area contributed by atoms with Crippen molar-refractivity contribution in [2.24, 2.45) is 0 Å². The van der Waals surface area contributed by atoms with Gasteiger partial charge in [0.05, 0.1) is 0 Å². The standard InChI is InChI=1S/C15H21FN2O/c1-2-3-4-15(18-9-7-17-8-10-18)13-6-5-12(19)11-14(13)16/h2,5-6,11,15,17,19H,1,3-4,7-10H2/t15-/m1/s1. The van der Waals surface area contributed by atoms with Crippen molar-refractivity contribution in [3.05, 3.63) is 42.2 Å². The van der Waals surface area contributed by atoms with Gasteiger partial charge in [0.15, 0.2) is 0 Å². The summed E-state index contributed by atoms with van der Waals surface area (Å²) in [7, 11) is 0. The molecule has 0 radical (unpaired) electrons. The van der Waals surface area contributed by atoms with Crippen LogP contribution in [0.1, 0.15) is 24.4 Å². The van der Waals surface area contributed by atoms with Gasteiger partial charge in [0.1, 0.15) is 11.6 Å². The fourth-order valence-corrected chi connectivity index (χ4v) is 2.59. The van der Waals surface area contributed by atoms with Gasteiger partial charge in [-0.3, -0.25) is 4.90 Å². The first-order chi connectivity index (χ1) is 9.22. The maximum absolute atomic E-state index is 14.1. The van der Waals surface area contributed by atoms with Crippen LogP contribution in [0.2, 0.25) is 0 Å². The molecule has 1 aromatic carbocycles. The highest BCUT2D eigenvalue weighted by molar-refractivity contribution is 5.30. The summed E-state index contributed by atoms with van der Waals surface area (Å²) < 4.78 is 14.1. The Kier molecular flexibility index (Phi) is 4.93. The summed E-state index contributed by atoms with van der Waals surface area (Å²) in [5.74, 6) is -0.350. The topological polar surface area (TPSA) is 35.5 Å². The minimum Gasteiger partial charge on any atom is -0.508 e. The Bertz CT molecular complexity index is 430. The fourth-order valence-electron chi connectivity index (χ4n) is 2.59. The van der Waals surface area contributed by atoms with Crippen LogP contribution < -0.4 is 5.32 Å². The van der Waals surface area contributed by atoms with E-state index in [4.69, 9.17) is 0 Å². The highest BCUT2D eigenvalue weighted by atomic mass is 19.1. The van der Waals surface area contributed by atoms with Gasteiger partial charge in [0.2, 0.25) is 0 Å². The zero-order valence-corrected chi connectivity index (χ0v) is 11.1. The van der Waals surface area contributed by atoms with Crippen LogP contribution in [-0.4, -0.2) is 36.2 Å². The maximum Gasteiger partial charge on any atom is 0.131 e. The lowest BCUT2D eigenvalue weighted by Crippen LogP contribution is -2.45. The van der Waals surface area contributed by atoms with E-state index in [9.17, 15) is 9.50 Å². The molecule has 0 saturated carbocycles. The minimum atomic E-state index is -0.326. The molecule has 3 nitrogen and oxygen atoms in total. The number of rotatable bonds is 5. The lowest BCUT2D eigenvalue weighted by atomic mass is 9.98. The first-order valence-corrected chi connectivity index (χ1v) is 6.76. The van der Waals surface area contributed by atoms with Crippen molar-refractivity contribution in [3.8, 4) is 5.75 Å². The van der Waals surface area contributed by atoms with Gasteiger partial charge < -0.3 is 10.4 Å². The Morgan fingerprint density at radius 1 is 1.42 bits per heavy atom. The third kappa shape index (κ3) is 3.55. The summed E-state index contributed by atoms with van der Waals surface area (Å²) >= 11 is 0. The second-order valence-corrected chi connectivity index (χ2v) is 4.87. The molecule has 1 saturated heterocycles. The van der Waals surface area contributed by atoms with E-state index in [2.05, 4.69) is 16.8 Å². The minimum absolute atomic E-state index is 0.0240. The Labute approximate surface area is 113 Å². The molecule has 2 rings (SSSR count). The molecule has 0 unspecified atom stereocenters. The van der Waals surface area contributed by atoms with E-state index in [1.807, 2.05) is 6.08 Å². The maximum atomic E-state index is 14.1. The Morgan fingerprint density at radius 2 is 2.16 bits per heavy atom. The van der Waals surface area contributed by atoms with Crippen molar-refractivity contribution in [2.75, 3.05) is 26.2 Å². The third-order valence-electron chi connectivity index (χ3n) is 3.58. The summed E-state index contributed by atoms with van der Waals surface area (Å²) in [6, 6.07) is 4.50. The number of phenols is 1. The van der Waals surface area contributed by atoms with Crippen molar-refractivity contribution in [2.45, 2.75) is 18.9 Å². The largest absolute Gasteiger partial charge is 0.508 e. The zero-order valence-electron chi connectivity index (χ0n) is 11.1. The average Bonchev–Trinajstić information content (AvgIpc) is 2.42. The zero-order chi connectivity index (χ0) is 13.7. The SMILES string of the molecule is C=CCC[C@H](c1ccc(O)cc1F)N1CCNCC1. The average molecular weight is 264 g/mol. The smallest absolute Gasteiger partial charge is 0.131 e. The first-order valence-electron chi connectivity index (χ1n) is 6.76. The summed E-state index contributed by atoms with van der Waals surface area (Å²) in [5.41, 5.74) is 0.668. The molecule has 1 aliphatic heterocycles. The van der Waals surface area contributed by atoms with Crippen LogP contribution in [-0.2, 0) is 0 Å². The van der Waals surface area contributed by atoms with Gasteiger partial charge in [-0.15, -0.1) is 6.58 Å². The Morgan fingerprint density at radius 3 is 2.79 bits per heavy atom. The summed E-state index contributed by atoms with van der Waals surface area (Å²) in [6.45, 7) is 7.45. The number of allylic oxidation sites excluding steroid dienone is 1. The molecule has 2 N–H and O–H groups in total. The van der Waals surface area contributed by atoms with E-state index in [0.717, 1.165) is 39.0 Å². The van der Waals surface area contributed by atoms with E-state index < -0.39 is 0 Å². The summed E-state index contributed by atoms with van der Waals surface area (Å²) in [6.07, 6.45) is 3.58. The second kappa shape index (κ2) is 6.68. The monoisotopic (exact) mass is 264 g/mol. The molecule has 1 aliphatic rings. The van der Waals surface area contributed by atoms with Crippen LogP contribution in [0.4, 0.5) is 4.39 Å². The predicted octanol–water partition coefficient (Wildman–Crippen LogP) is 2.44. The third-order valence-corrected chi connectivity index (χ3v) is 3.58. The molecule has 0 bridgehead atoms. The van der Waals surface area contributed by atoms with Gasteiger partial charge >= 0.3 is 0 Å². The van der Waals surface area contributed by atoms with E-state index in [1.165, 1.54) is 6.07 Å². The van der Waals surface area contributed by atoms with Gasteiger partial charge in [0, 0.05) is 43.9 Å². The van der Waals surface area contributed by atoms with Gasteiger partial charge in [-0.2, -0.15) is 0 Å².